The third-order valence-electron chi connectivity index (χ3n) is 2.86. The molecule has 0 aromatic carbocycles. The lowest BCUT2D eigenvalue weighted by atomic mass is 9.92. The molecule has 1 unspecified atom stereocenters. The summed E-state index contributed by atoms with van der Waals surface area (Å²) in [6.07, 6.45) is 8.52. The van der Waals surface area contributed by atoms with Crippen LogP contribution in [0.15, 0.2) is 12.7 Å². The summed E-state index contributed by atoms with van der Waals surface area (Å²) < 4.78 is 0. The molecule has 0 aromatic rings. The minimum Gasteiger partial charge on any atom is -0.316 e. The second-order valence-corrected chi connectivity index (χ2v) is 4.04. The number of hydrogen-bond acceptors (Lipinski definition) is 2. The van der Waals surface area contributed by atoms with Gasteiger partial charge in [0.1, 0.15) is 5.78 Å². The summed E-state index contributed by atoms with van der Waals surface area (Å²) in [5.41, 5.74) is 0. The molecule has 14 heavy (non-hydrogen) atoms. The highest BCUT2D eigenvalue weighted by Gasteiger charge is 2.20. The maximum atomic E-state index is 11.5. The van der Waals surface area contributed by atoms with Crippen molar-refractivity contribution in [3.63, 3.8) is 0 Å². The van der Waals surface area contributed by atoms with Crippen molar-refractivity contribution in [1.82, 2.24) is 5.32 Å². The van der Waals surface area contributed by atoms with Gasteiger partial charge >= 0.3 is 0 Å². The highest BCUT2D eigenvalue weighted by molar-refractivity contribution is 5.82. The van der Waals surface area contributed by atoms with Crippen LogP contribution in [0.1, 0.15) is 38.5 Å². The van der Waals surface area contributed by atoms with Crippen LogP contribution >= 0.6 is 0 Å². The topological polar surface area (TPSA) is 29.1 Å². The zero-order chi connectivity index (χ0) is 10.2. The molecule has 0 amide bonds. The van der Waals surface area contributed by atoms with E-state index >= 15 is 0 Å². The Balaban J connectivity index is 2.04. The number of carbonyl (C=O) groups is 1. The van der Waals surface area contributed by atoms with Gasteiger partial charge in [-0.15, -0.1) is 6.58 Å². The summed E-state index contributed by atoms with van der Waals surface area (Å²) in [5, 5.41) is 3.28. The summed E-state index contributed by atoms with van der Waals surface area (Å²) in [6, 6.07) is 0. The molecule has 0 saturated carbocycles. The van der Waals surface area contributed by atoms with Crippen molar-refractivity contribution < 1.29 is 4.79 Å². The van der Waals surface area contributed by atoms with E-state index in [9.17, 15) is 4.79 Å². The van der Waals surface area contributed by atoms with Crippen molar-refractivity contribution in [2.24, 2.45) is 5.92 Å². The molecule has 2 nitrogen and oxygen atoms in total. The van der Waals surface area contributed by atoms with Gasteiger partial charge in [0, 0.05) is 25.4 Å². The molecule has 2 heteroatoms. The third-order valence-corrected chi connectivity index (χ3v) is 2.86. The second-order valence-electron chi connectivity index (χ2n) is 4.04. The first-order valence-electron chi connectivity index (χ1n) is 5.69. The summed E-state index contributed by atoms with van der Waals surface area (Å²) in [7, 11) is 0. The molecule has 1 heterocycles. The van der Waals surface area contributed by atoms with Crippen LogP contribution in [-0.2, 0) is 4.79 Å². The molecule has 80 valence electrons. The Hall–Kier alpha value is -0.630. The monoisotopic (exact) mass is 195 g/mol. The number of carbonyl (C=O) groups excluding carboxylic acids is 1. The zero-order valence-corrected chi connectivity index (χ0v) is 8.93. The van der Waals surface area contributed by atoms with E-state index in [1.54, 1.807) is 0 Å². The van der Waals surface area contributed by atoms with Gasteiger partial charge in [0.2, 0.25) is 0 Å². The Morgan fingerprint density at radius 3 is 3.00 bits per heavy atom. The molecule has 1 saturated heterocycles. The highest BCUT2D eigenvalue weighted by Crippen LogP contribution is 2.15. The second kappa shape index (κ2) is 6.77. The van der Waals surface area contributed by atoms with E-state index in [4.69, 9.17) is 0 Å². The fourth-order valence-corrected chi connectivity index (χ4v) is 1.93. The van der Waals surface area contributed by atoms with Gasteiger partial charge in [-0.05, 0) is 19.3 Å². The average Bonchev–Trinajstić information content (AvgIpc) is 2.20. The van der Waals surface area contributed by atoms with Crippen LogP contribution in [0.4, 0.5) is 0 Å². The first-order valence-corrected chi connectivity index (χ1v) is 5.69. The number of hydrogen-bond donors (Lipinski definition) is 1. The molecule has 1 aliphatic heterocycles. The Morgan fingerprint density at radius 1 is 1.43 bits per heavy atom. The van der Waals surface area contributed by atoms with Crippen LogP contribution < -0.4 is 5.32 Å². The third kappa shape index (κ3) is 4.05. The summed E-state index contributed by atoms with van der Waals surface area (Å²) >= 11 is 0. The number of piperidine rings is 1. The molecule has 1 fully saturated rings. The molecule has 0 aromatic heterocycles. The van der Waals surface area contributed by atoms with Crippen molar-refractivity contribution >= 4 is 5.78 Å². The zero-order valence-electron chi connectivity index (χ0n) is 8.93. The number of rotatable bonds is 6. The van der Waals surface area contributed by atoms with E-state index in [1.807, 2.05) is 6.08 Å². The maximum absolute atomic E-state index is 11.5. The van der Waals surface area contributed by atoms with E-state index in [1.165, 1.54) is 19.3 Å². The van der Waals surface area contributed by atoms with Crippen molar-refractivity contribution in [2.45, 2.75) is 38.5 Å². The first kappa shape index (κ1) is 11.4. The molecule has 0 radical (unpaired) electrons. The number of unbranched alkanes of at least 4 members (excludes halogenated alkanes) is 3. The van der Waals surface area contributed by atoms with Gasteiger partial charge in [-0.1, -0.05) is 18.9 Å². The van der Waals surface area contributed by atoms with Crippen molar-refractivity contribution in [3.8, 4) is 0 Å². The molecule has 0 spiro atoms. The summed E-state index contributed by atoms with van der Waals surface area (Å²) in [6.45, 7) is 5.48. The summed E-state index contributed by atoms with van der Waals surface area (Å²) in [4.78, 5) is 11.5. The van der Waals surface area contributed by atoms with Crippen LogP contribution in [0.3, 0.4) is 0 Å². The predicted octanol–water partition coefficient (Wildman–Crippen LogP) is 2.30. The van der Waals surface area contributed by atoms with Gasteiger partial charge in [0.25, 0.3) is 0 Å². The van der Waals surface area contributed by atoms with E-state index in [0.29, 0.717) is 11.7 Å². The standard InChI is InChI=1S/C12H21NO/c1-2-3-4-5-6-7-11-10-13-9-8-12(11)14/h2,11,13H,1,3-10H2. The smallest absolute Gasteiger partial charge is 0.138 e. The summed E-state index contributed by atoms with van der Waals surface area (Å²) in [5.74, 6) is 0.764. The first-order chi connectivity index (χ1) is 6.84. The number of ketones is 1. The maximum Gasteiger partial charge on any atom is 0.138 e. The Labute approximate surface area is 86.8 Å². The molecule has 0 bridgehead atoms. The predicted molar refractivity (Wildman–Crippen MR) is 59.3 cm³/mol. The fourth-order valence-electron chi connectivity index (χ4n) is 1.93. The molecule has 1 N–H and O–H groups in total. The van der Waals surface area contributed by atoms with Gasteiger partial charge in [-0.25, -0.2) is 0 Å². The van der Waals surface area contributed by atoms with E-state index < -0.39 is 0 Å². The largest absolute Gasteiger partial charge is 0.316 e. The quantitative estimate of drug-likeness (QED) is 0.520. The Morgan fingerprint density at radius 2 is 2.29 bits per heavy atom. The molecule has 1 rings (SSSR count). The molecular weight excluding hydrogens is 174 g/mol. The highest BCUT2D eigenvalue weighted by atomic mass is 16.1. The van der Waals surface area contributed by atoms with Crippen molar-refractivity contribution in [2.75, 3.05) is 13.1 Å². The fraction of sp³-hybridized carbons (Fsp3) is 0.750. The van der Waals surface area contributed by atoms with Crippen LogP contribution in [0.2, 0.25) is 0 Å². The van der Waals surface area contributed by atoms with Gasteiger partial charge in [-0.2, -0.15) is 0 Å². The van der Waals surface area contributed by atoms with E-state index in [-0.39, 0.29) is 0 Å². The van der Waals surface area contributed by atoms with Gasteiger partial charge in [-0.3, -0.25) is 4.79 Å². The normalized spacial score (nSPS) is 22.3. The number of nitrogens with one attached hydrogen (secondary N) is 1. The Bertz CT molecular complexity index is 189. The van der Waals surface area contributed by atoms with Crippen molar-refractivity contribution in [1.29, 1.82) is 0 Å². The van der Waals surface area contributed by atoms with Gasteiger partial charge < -0.3 is 5.32 Å². The minimum atomic E-state index is 0.299. The van der Waals surface area contributed by atoms with E-state index in [0.717, 1.165) is 32.4 Å². The van der Waals surface area contributed by atoms with Gasteiger partial charge in [0.05, 0.1) is 0 Å². The number of Topliss-reactive ketones (excluding diaryl/α,β-unsaturated/α-hetero) is 1. The lowest BCUT2D eigenvalue weighted by molar-refractivity contribution is -0.124. The molecule has 1 aliphatic rings. The number of allylic oxidation sites excluding steroid dienone is 1. The minimum absolute atomic E-state index is 0.299. The molecule has 0 aliphatic carbocycles. The molecule has 1 atom stereocenters. The Kier molecular flexibility index (Phi) is 5.53. The lowest BCUT2D eigenvalue weighted by Gasteiger charge is -2.21. The average molecular weight is 195 g/mol. The van der Waals surface area contributed by atoms with Crippen LogP contribution in [0, 0.1) is 5.92 Å². The van der Waals surface area contributed by atoms with E-state index in [2.05, 4.69) is 11.9 Å². The van der Waals surface area contributed by atoms with Crippen molar-refractivity contribution in [3.05, 3.63) is 12.7 Å². The van der Waals surface area contributed by atoms with Gasteiger partial charge in [0.15, 0.2) is 0 Å². The van der Waals surface area contributed by atoms with Crippen LogP contribution in [0.25, 0.3) is 0 Å². The molecular formula is C12H21NO. The van der Waals surface area contributed by atoms with Crippen LogP contribution in [0.5, 0.6) is 0 Å². The van der Waals surface area contributed by atoms with Crippen LogP contribution in [-0.4, -0.2) is 18.9 Å². The lowest BCUT2D eigenvalue weighted by Crippen LogP contribution is -2.36. The SMILES string of the molecule is C=CCCCCCC1CNCCC1=O.